The second kappa shape index (κ2) is 6.61. The minimum atomic E-state index is -0.202. The fourth-order valence-electron chi connectivity index (χ4n) is 4.08. The van der Waals surface area contributed by atoms with Gasteiger partial charge in [-0.2, -0.15) is 0 Å². The van der Waals surface area contributed by atoms with E-state index in [0.717, 1.165) is 48.8 Å². The second-order valence-corrected chi connectivity index (χ2v) is 7.40. The molecule has 1 saturated carbocycles. The van der Waals surface area contributed by atoms with Crippen molar-refractivity contribution in [1.29, 1.82) is 0 Å². The van der Waals surface area contributed by atoms with Crippen molar-refractivity contribution in [2.24, 2.45) is 11.7 Å². The molecule has 0 radical (unpaired) electrons. The largest absolute Gasteiger partial charge is 0.369 e. The molecule has 136 valence electrons. The fraction of sp³-hybridized carbons (Fsp3) is 0.526. The van der Waals surface area contributed by atoms with Gasteiger partial charge in [0.05, 0.1) is 11.2 Å². The van der Waals surface area contributed by atoms with Gasteiger partial charge in [-0.1, -0.05) is 0 Å². The van der Waals surface area contributed by atoms with E-state index in [2.05, 4.69) is 4.90 Å². The summed E-state index contributed by atoms with van der Waals surface area (Å²) in [5.74, 6) is 0.187. The van der Waals surface area contributed by atoms with Gasteiger partial charge >= 0.3 is 0 Å². The Balaban J connectivity index is 0.00000182. The molecular formula is C19H25ClFN3O. The summed E-state index contributed by atoms with van der Waals surface area (Å²) in [6.07, 6.45) is 3.04. The number of rotatable bonds is 3. The van der Waals surface area contributed by atoms with Crippen LogP contribution in [0.2, 0.25) is 0 Å². The van der Waals surface area contributed by atoms with Gasteiger partial charge in [0.1, 0.15) is 5.82 Å². The average Bonchev–Trinajstić information content (AvgIpc) is 3.24. The maximum Gasteiger partial charge on any atom is 0.251 e. The maximum absolute atomic E-state index is 14.8. The highest BCUT2D eigenvalue weighted by molar-refractivity contribution is 5.88. The summed E-state index contributed by atoms with van der Waals surface area (Å²) in [5.41, 5.74) is 8.46. The number of halogens is 2. The zero-order valence-electron chi connectivity index (χ0n) is 14.7. The molecule has 1 saturated heterocycles. The van der Waals surface area contributed by atoms with Crippen LogP contribution in [0.4, 0.5) is 10.1 Å². The monoisotopic (exact) mass is 365 g/mol. The Bertz CT molecular complexity index is 860. The molecule has 2 fully saturated rings. The Kier molecular flexibility index (Phi) is 4.82. The Labute approximate surface area is 153 Å². The van der Waals surface area contributed by atoms with E-state index >= 15 is 0 Å². The van der Waals surface area contributed by atoms with Gasteiger partial charge < -0.3 is 15.2 Å². The predicted octanol–water partition coefficient (Wildman–Crippen LogP) is 3.38. The van der Waals surface area contributed by atoms with Crippen molar-refractivity contribution in [3.05, 3.63) is 39.9 Å². The third kappa shape index (κ3) is 3.04. The molecule has 4 rings (SSSR count). The van der Waals surface area contributed by atoms with Crippen LogP contribution in [0.1, 0.15) is 37.8 Å². The Morgan fingerprint density at radius 2 is 2.00 bits per heavy atom. The number of fused-ring (bicyclic) bond motifs is 1. The molecule has 0 spiro atoms. The maximum atomic E-state index is 14.8. The Morgan fingerprint density at radius 3 is 2.60 bits per heavy atom. The molecule has 6 heteroatoms. The first-order valence-electron chi connectivity index (χ1n) is 8.82. The minimum absolute atomic E-state index is 0. The molecule has 0 bridgehead atoms. The summed E-state index contributed by atoms with van der Waals surface area (Å²) < 4.78 is 16.7. The second-order valence-electron chi connectivity index (χ2n) is 7.40. The van der Waals surface area contributed by atoms with Crippen LogP contribution < -0.4 is 16.2 Å². The number of hydrogen-bond acceptors (Lipinski definition) is 3. The van der Waals surface area contributed by atoms with Crippen LogP contribution in [-0.4, -0.2) is 23.7 Å². The highest BCUT2D eigenvalue weighted by Crippen LogP contribution is 2.40. The topological polar surface area (TPSA) is 51.3 Å². The summed E-state index contributed by atoms with van der Waals surface area (Å²) >= 11 is 0. The minimum Gasteiger partial charge on any atom is -0.369 e. The van der Waals surface area contributed by atoms with E-state index in [1.807, 2.05) is 18.4 Å². The molecule has 1 aliphatic carbocycles. The molecule has 2 heterocycles. The van der Waals surface area contributed by atoms with Crippen LogP contribution in [0, 0.1) is 18.7 Å². The molecule has 2 atom stereocenters. The lowest BCUT2D eigenvalue weighted by Gasteiger charge is -2.24. The van der Waals surface area contributed by atoms with Crippen LogP contribution in [0.5, 0.6) is 0 Å². The van der Waals surface area contributed by atoms with E-state index in [-0.39, 0.29) is 35.9 Å². The zero-order valence-corrected chi connectivity index (χ0v) is 15.5. The zero-order chi connectivity index (χ0) is 17.0. The van der Waals surface area contributed by atoms with Crippen LogP contribution >= 0.6 is 12.4 Å². The molecule has 1 aromatic heterocycles. The molecule has 0 unspecified atom stereocenters. The van der Waals surface area contributed by atoms with Crippen LogP contribution in [0.25, 0.3) is 10.9 Å². The lowest BCUT2D eigenvalue weighted by molar-refractivity contribution is 0.487. The van der Waals surface area contributed by atoms with Crippen molar-refractivity contribution in [1.82, 2.24) is 4.57 Å². The third-order valence-corrected chi connectivity index (χ3v) is 5.57. The SMILES string of the molecule is Cc1c(N2CC[C@@H]([C@H](C)N)C2)c(F)cc2ccc(=O)n(C3CC3)c12.Cl. The summed E-state index contributed by atoms with van der Waals surface area (Å²) in [4.78, 5) is 14.5. The van der Waals surface area contributed by atoms with Crippen molar-refractivity contribution in [2.45, 2.75) is 45.2 Å². The molecule has 25 heavy (non-hydrogen) atoms. The summed E-state index contributed by atoms with van der Waals surface area (Å²) in [5, 5.41) is 0.809. The highest BCUT2D eigenvalue weighted by atomic mass is 35.5. The number of nitrogens with two attached hydrogens (primary N) is 1. The van der Waals surface area contributed by atoms with Crippen molar-refractivity contribution < 1.29 is 4.39 Å². The van der Waals surface area contributed by atoms with Gasteiger partial charge in [0, 0.05) is 36.6 Å². The molecule has 4 nitrogen and oxygen atoms in total. The smallest absolute Gasteiger partial charge is 0.251 e. The fourth-order valence-corrected chi connectivity index (χ4v) is 4.08. The van der Waals surface area contributed by atoms with Crippen molar-refractivity contribution >= 4 is 29.0 Å². The molecule has 1 aromatic carbocycles. The van der Waals surface area contributed by atoms with Gasteiger partial charge in [0.25, 0.3) is 5.56 Å². The number of benzene rings is 1. The standard InChI is InChI=1S/C19H24FN3O.ClH/c1-11-18-13(3-6-17(24)23(18)15-4-5-15)9-16(20)19(11)22-8-7-14(10-22)12(2)21;/h3,6,9,12,14-15H,4-5,7-8,10,21H2,1-2H3;1H/t12-,14+;/m0./s1. The number of aromatic nitrogens is 1. The summed E-state index contributed by atoms with van der Waals surface area (Å²) in [6, 6.07) is 5.26. The summed E-state index contributed by atoms with van der Waals surface area (Å²) in [7, 11) is 0. The number of pyridine rings is 1. The third-order valence-electron chi connectivity index (χ3n) is 5.57. The number of nitrogens with zero attached hydrogens (tertiary/aromatic N) is 2. The molecule has 2 N–H and O–H groups in total. The van der Waals surface area contributed by atoms with Gasteiger partial charge in [-0.25, -0.2) is 4.39 Å². The Morgan fingerprint density at radius 1 is 1.28 bits per heavy atom. The van der Waals surface area contributed by atoms with E-state index in [0.29, 0.717) is 11.6 Å². The van der Waals surface area contributed by atoms with Gasteiger partial charge in [0.15, 0.2) is 0 Å². The van der Waals surface area contributed by atoms with Crippen molar-refractivity contribution in [3.63, 3.8) is 0 Å². The van der Waals surface area contributed by atoms with Crippen molar-refractivity contribution in [2.75, 3.05) is 18.0 Å². The summed E-state index contributed by atoms with van der Waals surface area (Å²) in [6.45, 7) is 5.55. The molecule has 1 aliphatic heterocycles. The van der Waals surface area contributed by atoms with Crippen LogP contribution in [0.15, 0.2) is 23.0 Å². The highest BCUT2D eigenvalue weighted by Gasteiger charge is 2.31. The lowest BCUT2D eigenvalue weighted by Crippen LogP contribution is -2.30. The quantitative estimate of drug-likeness (QED) is 0.907. The number of aryl methyl sites for hydroxylation is 1. The van der Waals surface area contributed by atoms with Gasteiger partial charge in [-0.15, -0.1) is 12.4 Å². The molecule has 2 aliphatic rings. The first kappa shape index (κ1) is 18.2. The van der Waals surface area contributed by atoms with E-state index in [9.17, 15) is 9.18 Å². The van der Waals surface area contributed by atoms with E-state index < -0.39 is 0 Å². The van der Waals surface area contributed by atoms with E-state index in [1.165, 1.54) is 0 Å². The van der Waals surface area contributed by atoms with Crippen molar-refractivity contribution in [3.8, 4) is 0 Å². The van der Waals surface area contributed by atoms with Gasteiger partial charge in [-0.05, 0) is 56.7 Å². The first-order valence-corrected chi connectivity index (χ1v) is 8.82. The Hall–Kier alpha value is -1.59. The van der Waals surface area contributed by atoms with Gasteiger partial charge in [-0.3, -0.25) is 4.79 Å². The average molecular weight is 366 g/mol. The normalized spacial score (nSPS) is 21.4. The number of anilines is 1. The molecule has 0 amide bonds. The lowest BCUT2D eigenvalue weighted by atomic mass is 10.0. The molecular weight excluding hydrogens is 341 g/mol. The van der Waals surface area contributed by atoms with Crippen LogP contribution in [-0.2, 0) is 0 Å². The predicted molar refractivity (Wildman–Crippen MR) is 102 cm³/mol. The van der Waals surface area contributed by atoms with E-state index in [4.69, 9.17) is 5.73 Å². The van der Waals surface area contributed by atoms with Crippen LogP contribution in [0.3, 0.4) is 0 Å². The first-order chi connectivity index (χ1) is 11.5. The van der Waals surface area contributed by atoms with Gasteiger partial charge in [0.2, 0.25) is 0 Å². The number of hydrogen-bond donors (Lipinski definition) is 1. The molecule has 2 aromatic rings. The van der Waals surface area contributed by atoms with E-state index in [1.54, 1.807) is 18.2 Å².